The molecule has 2 nitrogen and oxygen atoms in total. The van der Waals surface area contributed by atoms with E-state index in [1.165, 1.54) is 0 Å². The smallest absolute Gasteiger partial charge is 0.187 e. The fourth-order valence-corrected chi connectivity index (χ4v) is 0. The maximum absolute atomic E-state index is 0. The molecule has 0 atom stereocenters. The summed E-state index contributed by atoms with van der Waals surface area (Å²) in [5.74, 6) is 0. The van der Waals surface area contributed by atoms with E-state index < -0.39 is 0 Å². The molecule has 0 spiro atoms. The summed E-state index contributed by atoms with van der Waals surface area (Å²) in [7, 11) is 0. The van der Waals surface area contributed by atoms with Crippen molar-refractivity contribution in [2.45, 2.75) is 0 Å². The zero-order chi connectivity index (χ0) is 0. The molecule has 0 aliphatic rings. The van der Waals surface area contributed by atoms with Gasteiger partial charge in [-0.25, -0.2) is 0 Å². The molecule has 0 amide bonds. The first-order valence-corrected chi connectivity index (χ1v) is 0. The summed E-state index contributed by atoms with van der Waals surface area (Å²) in [4.78, 5) is 0. The topological polar surface area (TPSA) is 63.0 Å². The molecule has 0 bridgehead atoms. The molecular formula is H7AlCoO2. The van der Waals surface area contributed by atoms with Gasteiger partial charge in [-0.15, -0.1) is 0 Å². The zero-order valence-corrected chi connectivity index (χ0v) is 2.37. The van der Waals surface area contributed by atoms with Gasteiger partial charge in [-0.1, -0.05) is 0 Å². The van der Waals surface area contributed by atoms with Gasteiger partial charge in [-0.2, -0.15) is 0 Å². The predicted octanol–water partition coefficient (Wildman–Crippen LogP) is -2.84. The fraction of sp³-hybridized carbons (Fsp3) is 0. The molecule has 0 rings (SSSR count). The van der Waals surface area contributed by atoms with Crippen LogP contribution in [-0.4, -0.2) is 28.3 Å². The van der Waals surface area contributed by atoms with E-state index >= 15 is 0 Å². The molecule has 0 aliphatic heterocycles. The zero-order valence-electron chi connectivity index (χ0n) is 1.33. The Morgan fingerprint density at radius 1 is 0.750 bits per heavy atom. The van der Waals surface area contributed by atoms with E-state index in [1.54, 1.807) is 0 Å². The van der Waals surface area contributed by atoms with Crippen molar-refractivity contribution < 1.29 is 27.7 Å². The molecule has 4 N–H and O–H groups in total. The van der Waals surface area contributed by atoms with E-state index in [-0.39, 0.29) is 45.1 Å². The first kappa shape index (κ1) is 84.5. The first-order chi connectivity index (χ1) is 0. The normalized spacial score (nSPS) is 0. The van der Waals surface area contributed by atoms with Crippen LogP contribution in [0.5, 0.6) is 0 Å². The van der Waals surface area contributed by atoms with Crippen molar-refractivity contribution in [1.29, 1.82) is 0 Å². The van der Waals surface area contributed by atoms with Crippen molar-refractivity contribution in [3.8, 4) is 0 Å². The maximum atomic E-state index is 0. The second-order valence-electron chi connectivity index (χ2n) is 0. The Labute approximate surface area is 45.5 Å². The predicted molar refractivity (Wildman–Crippen MR) is 17.2 cm³/mol. The Kier molecular flexibility index (Phi) is 796. The van der Waals surface area contributed by atoms with Crippen LogP contribution in [0.1, 0.15) is 0 Å². The molecule has 0 aromatic rings. The van der Waals surface area contributed by atoms with Crippen LogP contribution in [0.25, 0.3) is 0 Å². The van der Waals surface area contributed by atoms with Gasteiger partial charge in [0.15, 0.2) is 17.4 Å². The van der Waals surface area contributed by atoms with Gasteiger partial charge in [0.2, 0.25) is 0 Å². The largest absolute Gasteiger partial charge is 0.412 e. The molecule has 0 fully saturated rings. The maximum Gasteiger partial charge on any atom is 0.187 e. The molecule has 0 saturated carbocycles. The fourth-order valence-electron chi connectivity index (χ4n) is 0. The van der Waals surface area contributed by atoms with E-state index in [1.807, 2.05) is 0 Å². The van der Waals surface area contributed by atoms with Crippen LogP contribution in [0, 0.1) is 0 Å². The summed E-state index contributed by atoms with van der Waals surface area (Å²) < 4.78 is 0. The number of hydrogen-bond donors (Lipinski definition) is 0. The summed E-state index contributed by atoms with van der Waals surface area (Å²) in [5, 5.41) is 0. The van der Waals surface area contributed by atoms with Crippen molar-refractivity contribution in [2.24, 2.45) is 0 Å². The van der Waals surface area contributed by atoms with Crippen LogP contribution < -0.4 is 0 Å². The molecular weight excluding hydrogens is 118 g/mol. The Morgan fingerprint density at radius 2 is 0.750 bits per heavy atom. The van der Waals surface area contributed by atoms with Crippen molar-refractivity contribution in [3.05, 3.63) is 0 Å². The van der Waals surface area contributed by atoms with Crippen LogP contribution >= 0.6 is 0 Å². The van der Waals surface area contributed by atoms with Gasteiger partial charge >= 0.3 is 0 Å². The summed E-state index contributed by atoms with van der Waals surface area (Å²) in [6.45, 7) is 0. The average Bonchev–Trinajstić information content (AvgIpc) is 0. The summed E-state index contributed by atoms with van der Waals surface area (Å²) in [6, 6.07) is 0. The van der Waals surface area contributed by atoms with E-state index in [4.69, 9.17) is 0 Å². The van der Waals surface area contributed by atoms with Crippen molar-refractivity contribution in [2.75, 3.05) is 0 Å². The first-order valence-electron chi connectivity index (χ1n) is 0. The summed E-state index contributed by atoms with van der Waals surface area (Å²) in [6.07, 6.45) is 0. The van der Waals surface area contributed by atoms with Crippen LogP contribution in [-0.2, 0) is 16.8 Å². The van der Waals surface area contributed by atoms with Gasteiger partial charge in [-0.3, -0.25) is 0 Å². The van der Waals surface area contributed by atoms with E-state index in [0.29, 0.717) is 0 Å². The quantitative estimate of drug-likeness (QED) is 0.313. The minimum atomic E-state index is 0. The van der Waals surface area contributed by atoms with Crippen molar-refractivity contribution in [1.82, 2.24) is 0 Å². The molecule has 31 valence electrons. The van der Waals surface area contributed by atoms with E-state index in [9.17, 15) is 0 Å². The second kappa shape index (κ2) is 37.7. The van der Waals surface area contributed by atoms with E-state index in [0.717, 1.165) is 0 Å². The van der Waals surface area contributed by atoms with Crippen LogP contribution in [0.3, 0.4) is 0 Å². The van der Waals surface area contributed by atoms with Gasteiger partial charge in [0.25, 0.3) is 0 Å². The third-order valence-corrected chi connectivity index (χ3v) is 0. The van der Waals surface area contributed by atoms with Gasteiger partial charge in [0.05, 0.1) is 0 Å². The molecule has 4 heavy (non-hydrogen) atoms. The molecule has 4 heteroatoms. The molecule has 0 aromatic carbocycles. The Balaban J connectivity index is 0. The van der Waals surface area contributed by atoms with Crippen LogP contribution in [0.4, 0.5) is 0 Å². The number of hydrogen-bond acceptors (Lipinski definition) is 0. The van der Waals surface area contributed by atoms with Gasteiger partial charge in [-0.05, 0) is 0 Å². The van der Waals surface area contributed by atoms with Crippen molar-refractivity contribution in [3.63, 3.8) is 0 Å². The Morgan fingerprint density at radius 3 is 0.750 bits per heavy atom. The molecule has 0 aromatic heterocycles. The second-order valence-corrected chi connectivity index (χ2v) is 0. The third kappa shape index (κ3) is 12.3. The molecule has 0 heterocycles. The Bertz CT molecular complexity index is 6.00. The Hall–Kier alpha value is 0.959. The van der Waals surface area contributed by atoms with Gasteiger partial charge in [0, 0.05) is 16.8 Å². The summed E-state index contributed by atoms with van der Waals surface area (Å²) >= 11 is 0. The SMILES string of the molecule is O.O.[AlH3].[Co]. The molecule has 0 aliphatic carbocycles. The minimum absolute atomic E-state index is 0. The van der Waals surface area contributed by atoms with Crippen LogP contribution in [0.2, 0.25) is 0 Å². The number of rotatable bonds is 0. The van der Waals surface area contributed by atoms with Crippen molar-refractivity contribution >= 4 is 17.4 Å². The molecule has 0 saturated heterocycles. The van der Waals surface area contributed by atoms with Crippen LogP contribution in [0.15, 0.2) is 0 Å². The summed E-state index contributed by atoms with van der Waals surface area (Å²) in [5.41, 5.74) is 0. The average molecular weight is 125 g/mol. The monoisotopic (exact) mass is 125 g/mol. The van der Waals surface area contributed by atoms with Gasteiger partial charge < -0.3 is 11.0 Å². The van der Waals surface area contributed by atoms with E-state index in [2.05, 4.69) is 0 Å². The third-order valence-electron chi connectivity index (χ3n) is 0. The minimum Gasteiger partial charge on any atom is -0.412 e. The standard InChI is InChI=1S/Al.Co.2H2O.3H/h;;2*1H2;;;. The molecule has 0 unspecified atom stereocenters. The van der Waals surface area contributed by atoms with Gasteiger partial charge in [0.1, 0.15) is 0 Å². The molecule has 1 radical (unpaired) electrons.